The Morgan fingerprint density at radius 3 is 2.96 bits per heavy atom. The number of hydrogen-bond donors (Lipinski definition) is 1. The number of anilines is 1. The predicted molar refractivity (Wildman–Crippen MR) is 91.9 cm³/mol. The van der Waals surface area contributed by atoms with Crippen LogP contribution in [-0.2, 0) is 4.79 Å². The summed E-state index contributed by atoms with van der Waals surface area (Å²) in [5, 5.41) is 2.79. The second-order valence-corrected chi connectivity index (χ2v) is 5.55. The Kier molecular flexibility index (Phi) is 3.96. The highest BCUT2D eigenvalue weighted by Crippen LogP contribution is 2.36. The molecule has 1 aliphatic rings. The van der Waals surface area contributed by atoms with E-state index in [0.717, 1.165) is 12.1 Å². The van der Waals surface area contributed by atoms with Gasteiger partial charge in [-0.15, -0.1) is 0 Å². The smallest absolute Gasteiger partial charge is 0.248 e. The van der Waals surface area contributed by atoms with E-state index in [2.05, 4.69) is 10.3 Å². The Morgan fingerprint density at radius 1 is 1.19 bits per heavy atom. The zero-order valence-corrected chi connectivity index (χ0v) is 13.3. The number of halogens is 2. The zero-order chi connectivity index (χ0) is 18.1. The second kappa shape index (κ2) is 6.44. The van der Waals surface area contributed by atoms with Gasteiger partial charge in [-0.05, 0) is 24.3 Å². The van der Waals surface area contributed by atoms with Crippen molar-refractivity contribution < 1.29 is 23.0 Å². The largest absolute Gasteiger partial charge is 0.454 e. The molecule has 0 saturated carbocycles. The van der Waals surface area contributed by atoms with Crippen LogP contribution in [0.25, 0.3) is 17.0 Å². The Balaban J connectivity index is 1.60. The zero-order valence-electron chi connectivity index (χ0n) is 13.3. The number of aromatic nitrogens is 1. The van der Waals surface area contributed by atoms with Crippen molar-refractivity contribution in [2.75, 3.05) is 12.1 Å². The summed E-state index contributed by atoms with van der Waals surface area (Å²) in [6.45, 7) is 0.131. The maximum Gasteiger partial charge on any atom is 0.248 e. The van der Waals surface area contributed by atoms with Gasteiger partial charge in [-0.3, -0.25) is 9.78 Å². The average molecular weight is 354 g/mol. The van der Waals surface area contributed by atoms with Gasteiger partial charge < -0.3 is 14.8 Å². The Bertz CT molecular complexity index is 1050. The van der Waals surface area contributed by atoms with Crippen molar-refractivity contribution in [3.8, 4) is 11.5 Å². The molecule has 0 unspecified atom stereocenters. The van der Waals surface area contributed by atoms with Crippen LogP contribution in [0.3, 0.4) is 0 Å². The highest BCUT2D eigenvalue weighted by atomic mass is 19.1. The lowest BCUT2D eigenvalue weighted by atomic mass is 10.1. The predicted octanol–water partition coefficient (Wildman–Crippen LogP) is 3.89. The van der Waals surface area contributed by atoms with Crippen LogP contribution < -0.4 is 14.8 Å². The summed E-state index contributed by atoms with van der Waals surface area (Å²) in [5.74, 6) is -0.818. The molecular weight excluding hydrogens is 342 g/mol. The summed E-state index contributed by atoms with van der Waals surface area (Å²) in [6, 6.07) is 8.69. The van der Waals surface area contributed by atoms with Crippen LogP contribution in [0.1, 0.15) is 5.56 Å². The first kappa shape index (κ1) is 16.0. The lowest BCUT2D eigenvalue weighted by Crippen LogP contribution is -2.08. The Hall–Kier alpha value is -3.48. The number of benzene rings is 2. The third kappa shape index (κ3) is 2.95. The molecule has 1 aliphatic heterocycles. The molecule has 0 aliphatic carbocycles. The summed E-state index contributed by atoms with van der Waals surface area (Å²) < 4.78 is 37.9. The van der Waals surface area contributed by atoms with Crippen molar-refractivity contribution in [2.45, 2.75) is 0 Å². The first-order valence-corrected chi connectivity index (χ1v) is 7.73. The molecule has 5 nitrogen and oxygen atoms in total. The van der Waals surface area contributed by atoms with Crippen LogP contribution in [0.15, 0.2) is 48.7 Å². The van der Waals surface area contributed by atoms with Crippen molar-refractivity contribution in [2.24, 2.45) is 0 Å². The van der Waals surface area contributed by atoms with Gasteiger partial charge in [-0.25, -0.2) is 8.78 Å². The molecule has 7 heteroatoms. The van der Waals surface area contributed by atoms with Crippen LogP contribution in [0.2, 0.25) is 0 Å². The normalized spacial score (nSPS) is 12.7. The number of nitrogens with zero attached hydrogens (tertiary/aromatic N) is 1. The molecule has 1 N–H and O–H groups in total. The number of hydrogen-bond acceptors (Lipinski definition) is 4. The van der Waals surface area contributed by atoms with Gasteiger partial charge in [-0.1, -0.05) is 12.1 Å². The summed E-state index contributed by atoms with van der Waals surface area (Å²) >= 11 is 0. The molecule has 0 saturated heterocycles. The van der Waals surface area contributed by atoms with E-state index in [4.69, 9.17) is 9.47 Å². The molecule has 1 aromatic heterocycles. The number of carbonyl (C=O) groups is 1. The molecule has 1 amide bonds. The third-order valence-electron chi connectivity index (χ3n) is 3.86. The fourth-order valence-corrected chi connectivity index (χ4v) is 2.71. The van der Waals surface area contributed by atoms with Gasteiger partial charge in [0.15, 0.2) is 17.3 Å². The molecule has 2 aromatic carbocycles. The van der Waals surface area contributed by atoms with Crippen LogP contribution in [0.5, 0.6) is 11.5 Å². The number of amides is 1. The van der Waals surface area contributed by atoms with Crippen molar-refractivity contribution in [1.29, 1.82) is 0 Å². The van der Waals surface area contributed by atoms with E-state index < -0.39 is 17.5 Å². The highest BCUT2D eigenvalue weighted by molar-refractivity contribution is 6.07. The first-order valence-electron chi connectivity index (χ1n) is 7.73. The number of fused-ring (bicyclic) bond motifs is 2. The number of carbonyl (C=O) groups excluding carboxylic acids is 1. The summed E-state index contributed by atoms with van der Waals surface area (Å²) in [5.41, 5.74) is 0.937. The third-order valence-corrected chi connectivity index (χ3v) is 3.86. The molecule has 3 aromatic rings. The molecule has 4 rings (SSSR count). The van der Waals surface area contributed by atoms with Crippen LogP contribution in [0.4, 0.5) is 14.5 Å². The van der Waals surface area contributed by atoms with E-state index >= 15 is 0 Å². The molecule has 0 spiro atoms. The van der Waals surface area contributed by atoms with E-state index in [9.17, 15) is 13.6 Å². The monoisotopic (exact) mass is 354 g/mol. The van der Waals surface area contributed by atoms with Gasteiger partial charge in [-0.2, -0.15) is 0 Å². The van der Waals surface area contributed by atoms with Crippen molar-refractivity contribution in [1.82, 2.24) is 4.98 Å². The first-order chi connectivity index (χ1) is 12.6. The van der Waals surface area contributed by atoms with E-state index in [-0.39, 0.29) is 23.4 Å². The van der Waals surface area contributed by atoms with Crippen LogP contribution in [0, 0.1) is 11.6 Å². The maximum absolute atomic E-state index is 13.8. The van der Waals surface area contributed by atoms with E-state index in [1.54, 1.807) is 24.3 Å². The van der Waals surface area contributed by atoms with Crippen LogP contribution >= 0.6 is 0 Å². The number of nitrogens with one attached hydrogen (secondary N) is 1. The van der Waals surface area contributed by atoms with Gasteiger partial charge in [0.25, 0.3) is 0 Å². The van der Waals surface area contributed by atoms with Crippen molar-refractivity contribution in [3.05, 3.63) is 65.9 Å². The number of ether oxygens (including phenoxy) is 2. The molecule has 26 heavy (non-hydrogen) atoms. The van der Waals surface area contributed by atoms with E-state index in [1.807, 2.05) is 0 Å². The maximum atomic E-state index is 13.8. The van der Waals surface area contributed by atoms with Gasteiger partial charge in [0.2, 0.25) is 12.7 Å². The minimum atomic E-state index is -0.788. The standard InChI is InChI=1S/C19H12F2N2O3/c20-12-8-13-15(6-7-22-18(13)14(21)9-12)23-17(24)5-4-11-2-1-3-16-19(11)26-10-25-16/h1-9H,10H2,(H,22,23,24). The molecule has 0 bridgehead atoms. The van der Waals surface area contributed by atoms with E-state index in [1.165, 1.54) is 18.3 Å². The van der Waals surface area contributed by atoms with Crippen molar-refractivity contribution in [3.63, 3.8) is 0 Å². The van der Waals surface area contributed by atoms with Crippen LogP contribution in [-0.4, -0.2) is 17.7 Å². The minimum absolute atomic E-state index is 0.0143. The molecule has 0 radical (unpaired) electrons. The Morgan fingerprint density at radius 2 is 2.08 bits per heavy atom. The second-order valence-electron chi connectivity index (χ2n) is 5.55. The van der Waals surface area contributed by atoms with Gasteiger partial charge in [0.05, 0.1) is 5.69 Å². The lowest BCUT2D eigenvalue weighted by molar-refractivity contribution is -0.111. The summed E-state index contributed by atoms with van der Waals surface area (Å²) in [6.07, 6.45) is 4.23. The molecule has 0 atom stereocenters. The number of pyridine rings is 1. The molecular formula is C19H12F2N2O3. The van der Waals surface area contributed by atoms with Gasteiger partial charge in [0.1, 0.15) is 11.3 Å². The quantitative estimate of drug-likeness (QED) is 0.725. The lowest BCUT2D eigenvalue weighted by Gasteiger charge is -2.07. The summed E-state index contributed by atoms with van der Waals surface area (Å²) in [7, 11) is 0. The SMILES string of the molecule is O=C(C=Cc1cccc2c1OCO2)Nc1ccnc2c(F)cc(F)cc12. The fraction of sp³-hybridized carbons (Fsp3) is 0.0526. The molecule has 0 fully saturated rings. The van der Waals surface area contributed by atoms with Gasteiger partial charge in [0, 0.05) is 29.3 Å². The highest BCUT2D eigenvalue weighted by Gasteiger charge is 2.16. The number of rotatable bonds is 3. The topological polar surface area (TPSA) is 60.5 Å². The van der Waals surface area contributed by atoms with E-state index in [0.29, 0.717) is 17.1 Å². The minimum Gasteiger partial charge on any atom is -0.454 e. The Labute approximate surface area is 146 Å². The molecule has 2 heterocycles. The van der Waals surface area contributed by atoms with Gasteiger partial charge >= 0.3 is 0 Å². The summed E-state index contributed by atoms with van der Waals surface area (Å²) in [4.78, 5) is 16.1. The molecule has 130 valence electrons. The average Bonchev–Trinajstić information content (AvgIpc) is 3.10. The van der Waals surface area contributed by atoms with Crippen molar-refractivity contribution >= 4 is 28.6 Å². The number of para-hydroxylation sites is 1. The fourth-order valence-electron chi connectivity index (χ4n) is 2.71.